The molecule has 0 aromatic heterocycles. The molecule has 100 valence electrons. The monoisotopic (exact) mass is 273 g/mol. The Balaban J connectivity index is 2.97. The Bertz CT molecular complexity index is 450. The highest BCUT2D eigenvalue weighted by Crippen LogP contribution is 2.34. The summed E-state index contributed by atoms with van der Waals surface area (Å²) in [5.41, 5.74) is 0.523. The maximum Gasteiger partial charge on any atom is 0.320 e. The summed E-state index contributed by atoms with van der Waals surface area (Å²) in [7, 11) is 3.09. The summed E-state index contributed by atoms with van der Waals surface area (Å²) in [5, 5.41) is 19.3. The molecular weight excluding hydrogens is 258 g/mol. The summed E-state index contributed by atoms with van der Waals surface area (Å²) in [4.78, 5) is 12.4. The number of nitrogens with zero attached hydrogens (tertiary/aromatic N) is 1. The highest BCUT2D eigenvalue weighted by molar-refractivity contribution is 6.30. The molecule has 0 spiro atoms. The first kappa shape index (κ1) is 14.6. The van der Waals surface area contributed by atoms with Crippen molar-refractivity contribution in [1.82, 2.24) is 4.90 Å². The summed E-state index contributed by atoms with van der Waals surface area (Å²) in [6, 6.07) is 2.43. The van der Waals surface area contributed by atoms with E-state index in [4.69, 9.17) is 21.4 Å². The molecule has 0 aliphatic rings. The average molecular weight is 274 g/mol. The molecule has 1 aromatic carbocycles. The second-order valence-corrected chi connectivity index (χ2v) is 4.48. The second-order valence-electron chi connectivity index (χ2n) is 4.05. The van der Waals surface area contributed by atoms with Crippen molar-refractivity contribution in [3.8, 4) is 11.5 Å². The Hall–Kier alpha value is -1.46. The normalized spacial score (nSPS) is 12.5. The molecule has 6 heteroatoms. The summed E-state index contributed by atoms with van der Waals surface area (Å²) < 4.78 is 4.99. The van der Waals surface area contributed by atoms with Crippen LogP contribution in [0, 0.1) is 0 Å². The van der Waals surface area contributed by atoms with Crippen molar-refractivity contribution >= 4 is 17.6 Å². The van der Waals surface area contributed by atoms with Crippen LogP contribution in [0.3, 0.4) is 0 Å². The van der Waals surface area contributed by atoms with Crippen LogP contribution in [0.15, 0.2) is 12.1 Å². The Morgan fingerprint density at radius 1 is 1.56 bits per heavy atom. The van der Waals surface area contributed by atoms with Gasteiger partial charge < -0.3 is 14.9 Å². The molecular formula is C12H16ClNO4. The molecule has 0 saturated carbocycles. The van der Waals surface area contributed by atoms with Crippen molar-refractivity contribution in [3.05, 3.63) is 22.7 Å². The Morgan fingerprint density at radius 2 is 2.17 bits per heavy atom. The van der Waals surface area contributed by atoms with Crippen molar-refractivity contribution in [2.75, 3.05) is 14.2 Å². The van der Waals surface area contributed by atoms with E-state index in [1.54, 1.807) is 24.9 Å². The topological polar surface area (TPSA) is 70.0 Å². The van der Waals surface area contributed by atoms with E-state index in [0.717, 1.165) is 0 Å². The van der Waals surface area contributed by atoms with Crippen LogP contribution in [-0.2, 0) is 11.3 Å². The van der Waals surface area contributed by atoms with Crippen LogP contribution in [0.2, 0.25) is 5.02 Å². The van der Waals surface area contributed by atoms with Gasteiger partial charge in [0.25, 0.3) is 0 Å². The van der Waals surface area contributed by atoms with Crippen molar-refractivity contribution in [2.45, 2.75) is 19.5 Å². The molecule has 0 fully saturated rings. The van der Waals surface area contributed by atoms with Gasteiger partial charge in [-0.25, -0.2) is 0 Å². The zero-order chi connectivity index (χ0) is 13.9. The van der Waals surface area contributed by atoms with Crippen molar-refractivity contribution in [2.24, 2.45) is 0 Å². The molecule has 0 heterocycles. The molecule has 1 atom stereocenters. The van der Waals surface area contributed by atoms with E-state index in [1.807, 2.05) is 0 Å². The van der Waals surface area contributed by atoms with Gasteiger partial charge in [0, 0.05) is 23.2 Å². The van der Waals surface area contributed by atoms with E-state index < -0.39 is 12.0 Å². The van der Waals surface area contributed by atoms with E-state index >= 15 is 0 Å². The van der Waals surface area contributed by atoms with Gasteiger partial charge in [0.2, 0.25) is 0 Å². The first-order valence-electron chi connectivity index (χ1n) is 5.35. The highest BCUT2D eigenvalue weighted by atomic mass is 35.5. The van der Waals surface area contributed by atoms with Gasteiger partial charge in [0.1, 0.15) is 6.04 Å². The lowest BCUT2D eigenvalue weighted by Gasteiger charge is -2.22. The number of phenolic OH excluding ortho intramolecular Hbond substituents is 1. The van der Waals surface area contributed by atoms with Crippen LogP contribution in [-0.4, -0.2) is 41.3 Å². The number of carbonyl (C=O) groups is 1. The lowest BCUT2D eigenvalue weighted by atomic mass is 10.1. The van der Waals surface area contributed by atoms with Crippen LogP contribution in [0.25, 0.3) is 0 Å². The van der Waals surface area contributed by atoms with Crippen molar-refractivity contribution < 1.29 is 19.7 Å². The number of aliphatic carboxylic acids is 1. The van der Waals surface area contributed by atoms with Gasteiger partial charge in [-0.05, 0) is 20.0 Å². The van der Waals surface area contributed by atoms with E-state index in [9.17, 15) is 9.90 Å². The smallest absolute Gasteiger partial charge is 0.320 e. The molecule has 0 aliphatic heterocycles. The zero-order valence-corrected chi connectivity index (χ0v) is 11.2. The molecule has 2 N–H and O–H groups in total. The minimum absolute atomic E-state index is 0.0219. The molecule has 0 aliphatic carbocycles. The number of benzene rings is 1. The number of halogens is 1. The van der Waals surface area contributed by atoms with Crippen molar-refractivity contribution in [1.29, 1.82) is 0 Å². The number of hydrogen-bond donors (Lipinski definition) is 2. The van der Waals surface area contributed by atoms with E-state index in [-0.39, 0.29) is 18.0 Å². The maximum atomic E-state index is 10.9. The van der Waals surface area contributed by atoms with E-state index in [0.29, 0.717) is 10.6 Å². The number of likely N-dealkylation sites (N-methyl/N-ethyl adjacent to an activating group) is 1. The van der Waals surface area contributed by atoms with Crippen LogP contribution in [0.5, 0.6) is 11.5 Å². The number of hydrogen-bond acceptors (Lipinski definition) is 4. The lowest BCUT2D eigenvalue weighted by Crippen LogP contribution is -2.35. The fraction of sp³-hybridized carbons (Fsp3) is 0.417. The predicted octanol–water partition coefficient (Wildman–Crippen LogP) is 1.96. The molecule has 1 rings (SSSR count). The van der Waals surface area contributed by atoms with Crippen LogP contribution in [0.4, 0.5) is 0 Å². The summed E-state index contributed by atoms with van der Waals surface area (Å²) >= 11 is 5.90. The number of carboxylic acid groups (broad SMARTS) is 1. The van der Waals surface area contributed by atoms with Gasteiger partial charge >= 0.3 is 5.97 Å². The predicted molar refractivity (Wildman–Crippen MR) is 68.2 cm³/mol. The Morgan fingerprint density at radius 3 is 2.67 bits per heavy atom. The van der Waals surface area contributed by atoms with E-state index in [2.05, 4.69) is 0 Å². The number of phenols is 1. The maximum absolute atomic E-state index is 10.9. The summed E-state index contributed by atoms with van der Waals surface area (Å²) in [6.45, 7) is 1.83. The molecule has 1 unspecified atom stereocenters. The first-order chi connectivity index (χ1) is 8.36. The number of ether oxygens (including phenoxy) is 1. The fourth-order valence-electron chi connectivity index (χ4n) is 1.50. The standard InChI is InChI=1S/C12H16ClNO4/c1-7(12(16)17)14(2)6-8-4-9(13)5-10(18-3)11(8)15/h4-5,7,15H,6H2,1-3H3,(H,16,17). The second kappa shape index (κ2) is 5.93. The lowest BCUT2D eigenvalue weighted by molar-refractivity contribution is -0.142. The Kier molecular flexibility index (Phi) is 4.81. The molecule has 18 heavy (non-hydrogen) atoms. The first-order valence-corrected chi connectivity index (χ1v) is 5.73. The molecule has 1 aromatic rings. The van der Waals surface area contributed by atoms with Crippen molar-refractivity contribution in [3.63, 3.8) is 0 Å². The zero-order valence-electron chi connectivity index (χ0n) is 10.5. The SMILES string of the molecule is COc1cc(Cl)cc(CN(C)C(C)C(=O)O)c1O. The number of carboxylic acids is 1. The molecule has 5 nitrogen and oxygen atoms in total. The number of aromatic hydroxyl groups is 1. The highest BCUT2D eigenvalue weighted by Gasteiger charge is 2.19. The quantitative estimate of drug-likeness (QED) is 0.858. The average Bonchev–Trinajstić information content (AvgIpc) is 2.31. The third kappa shape index (κ3) is 3.27. The summed E-state index contributed by atoms with van der Waals surface area (Å²) in [6.07, 6.45) is 0. The fourth-order valence-corrected chi connectivity index (χ4v) is 1.73. The van der Waals surface area contributed by atoms with Crippen LogP contribution in [0.1, 0.15) is 12.5 Å². The van der Waals surface area contributed by atoms with Gasteiger partial charge in [-0.1, -0.05) is 11.6 Å². The number of rotatable bonds is 5. The molecule has 0 radical (unpaired) electrons. The molecule has 0 saturated heterocycles. The summed E-state index contributed by atoms with van der Waals surface area (Å²) in [5.74, 6) is -0.675. The van der Waals surface area contributed by atoms with E-state index in [1.165, 1.54) is 13.2 Å². The minimum Gasteiger partial charge on any atom is -0.504 e. The van der Waals surface area contributed by atoms with Gasteiger partial charge in [0.05, 0.1) is 7.11 Å². The third-order valence-electron chi connectivity index (χ3n) is 2.78. The Labute approximate surface area is 111 Å². The van der Waals surface area contributed by atoms with Gasteiger partial charge in [-0.2, -0.15) is 0 Å². The number of methoxy groups -OCH3 is 1. The van der Waals surface area contributed by atoms with Gasteiger partial charge in [0.15, 0.2) is 11.5 Å². The largest absolute Gasteiger partial charge is 0.504 e. The van der Waals surface area contributed by atoms with Gasteiger partial charge in [-0.3, -0.25) is 9.69 Å². The minimum atomic E-state index is -0.925. The van der Waals surface area contributed by atoms with Crippen LogP contribution < -0.4 is 4.74 Å². The van der Waals surface area contributed by atoms with Crippen LogP contribution >= 0.6 is 11.6 Å². The third-order valence-corrected chi connectivity index (χ3v) is 3.00. The molecule has 0 amide bonds. The van der Waals surface area contributed by atoms with Gasteiger partial charge in [-0.15, -0.1) is 0 Å². The molecule has 0 bridgehead atoms.